The van der Waals surface area contributed by atoms with E-state index in [1.807, 2.05) is 6.07 Å². The molecular formula is C11H10N2O3. The average molecular weight is 218 g/mol. The monoisotopic (exact) mass is 218 g/mol. The van der Waals surface area contributed by atoms with Crippen LogP contribution in [0.4, 0.5) is 0 Å². The SMILES string of the molecule is COC(=O)c1cccc2cnc(OC)nc12. The van der Waals surface area contributed by atoms with Crippen LogP contribution < -0.4 is 4.74 Å². The van der Waals surface area contributed by atoms with Gasteiger partial charge >= 0.3 is 12.0 Å². The molecule has 0 aliphatic carbocycles. The lowest BCUT2D eigenvalue weighted by atomic mass is 10.1. The van der Waals surface area contributed by atoms with E-state index < -0.39 is 5.97 Å². The van der Waals surface area contributed by atoms with Gasteiger partial charge in [-0.3, -0.25) is 0 Å². The summed E-state index contributed by atoms with van der Waals surface area (Å²) < 4.78 is 9.59. The molecule has 0 bridgehead atoms. The van der Waals surface area contributed by atoms with E-state index in [0.717, 1.165) is 5.39 Å². The fourth-order valence-corrected chi connectivity index (χ4v) is 1.41. The average Bonchev–Trinajstić information content (AvgIpc) is 2.36. The van der Waals surface area contributed by atoms with Gasteiger partial charge in [0.1, 0.15) is 0 Å². The summed E-state index contributed by atoms with van der Waals surface area (Å²) in [6.07, 6.45) is 1.60. The van der Waals surface area contributed by atoms with Gasteiger partial charge in [-0.25, -0.2) is 9.78 Å². The summed E-state index contributed by atoms with van der Waals surface area (Å²) in [6, 6.07) is 5.45. The first-order valence-electron chi connectivity index (χ1n) is 4.64. The molecule has 0 aliphatic rings. The molecule has 0 saturated carbocycles. The summed E-state index contributed by atoms with van der Waals surface area (Å²) in [5.41, 5.74) is 0.932. The van der Waals surface area contributed by atoms with Crippen LogP contribution in [0.25, 0.3) is 10.9 Å². The standard InChI is InChI=1S/C11H10N2O3/c1-15-10(14)8-5-3-4-7-6-12-11(16-2)13-9(7)8/h3-6H,1-2H3. The van der Waals surface area contributed by atoms with E-state index in [1.54, 1.807) is 18.3 Å². The highest BCUT2D eigenvalue weighted by molar-refractivity contribution is 6.02. The van der Waals surface area contributed by atoms with Gasteiger partial charge in [0.15, 0.2) is 0 Å². The molecule has 16 heavy (non-hydrogen) atoms. The van der Waals surface area contributed by atoms with E-state index in [0.29, 0.717) is 11.1 Å². The Morgan fingerprint density at radius 3 is 2.81 bits per heavy atom. The van der Waals surface area contributed by atoms with Gasteiger partial charge in [0.25, 0.3) is 0 Å². The minimum Gasteiger partial charge on any atom is -0.467 e. The van der Waals surface area contributed by atoms with Crippen molar-refractivity contribution in [1.82, 2.24) is 9.97 Å². The number of hydrogen-bond acceptors (Lipinski definition) is 5. The van der Waals surface area contributed by atoms with Gasteiger partial charge in [0, 0.05) is 11.6 Å². The second-order valence-electron chi connectivity index (χ2n) is 3.09. The van der Waals surface area contributed by atoms with Crippen molar-refractivity contribution < 1.29 is 14.3 Å². The smallest absolute Gasteiger partial charge is 0.340 e. The Morgan fingerprint density at radius 1 is 1.31 bits per heavy atom. The lowest BCUT2D eigenvalue weighted by molar-refractivity contribution is 0.0603. The quantitative estimate of drug-likeness (QED) is 0.713. The lowest BCUT2D eigenvalue weighted by Crippen LogP contribution is -2.03. The van der Waals surface area contributed by atoms with Crippen molar-refractivity contribution in [1.29, 1.82) is 0 Å². The van der Waals surface area contributed by atoms with Crippen LogP contribution >= 0.6 is 0 Å². The highest BCUT2D eigenvalue weighted by atomic mass is 16.5. The van der Waals surface area contributed by atoms with Crippen molar-refractivity contribution in [3.63, 3.8) is 0 Å². The predicted octanol–water partition coefficient (Wildman–Crippen LogP) is 1.42. The molecule has 0 atom stereocenters. The first-order chi connectivity index (χ1) is 7.76. The van der Waals surface area contributed by atoms with E-state index in [9.17, 15) is 4.79 Å². The first kappa shape index (κ1) is 10.4. The van der Waals surface area contributed by atoms with E-state index in [-0.39, 0.29) is 6.01 Å². The number of carbonyl (C=O) groups is 1. The molecule has 1 aromatic carbocycles. The van der Waals surface area contributed by atoms with Crippen molar-refractivity contribution in [3.05, 3.63) is 30.0 Å². The van der Waals surface area contributed by atoms with Gasteiger partial charge in [-0.15, -0.1) is 0 Å². The molecular weight excluding hydrogens is 208 g/mol. The Labute approximate surface area is 92.0 Å². The van der Waals surface area contributed by atoms with Crippen molar-refractivity contribution in [2.75, 3.05) is 14.2 Å². The number of hydrogen-bond donors (Lipinski definition) is 0. The molecule has 82 valence electrons. The predicted molar refractivity (Wildman–Crippen MR) is 57.4 cm³/mol. The van der Waals surface area contributed by atoms with Crippen LogP contribution in [-0.2, 0) is 4.74 Å². The number of aromatic nitrogens is 2. The molecule has 0 saturated heterocycles. The number of carbonyl (C=O) groups excluding carboxylic acids is 1. The van der Waals surface area contributed by atoms with Crippen molar-refractivity contribution >= 4 is 16.9 Å². The molecule has 5 nitrogen and oxygen atoms in total. The van der Waals surface area contributed by atoms with Crippen LogP contribution in [-0.4, -0.2) is 30.2 Å². The number of nitrogens with zero attached hydrogens (tertiary/aromatic N) is 2. The summed E-state index contributed by atoms with van der Waals surface area (Å²) in [5, 5.41) is 0.767. The number of ether oxygens (including phenoxy) is 2. The highest BCUT2D eigenvalue weighted by Gasteiger charge is 2.12. The number of methoxy groups -OCH3 is 2. The maximum Gasteiger partial charge on any atom is 0.340 e. The minimum atomic E-state index is -0.425. The minimum absolute atomic E-state index is 0.226. The van der Waals surface area contributed by atoms with Gasteiger partial charge in [0.05, 0.1) is 25.3 Å². The summed E-state index contributed by atoms with van der Waals surface area (Å²) >= 11 is 0. The van der Waals surface area contributed by atoms with Crippen LogP contribution in [0.3, 0.4) is 0 Å². The van der Waals surface area contributed by atoms with Crippen LogP contribution in [0, 0.1) is 0 Å². The number of benzene rings is 1. The molecule has 0 radical (unpaired) electrons. The Bertz CT molecular complexity index is 540. The second-order valence-corrected chi connectivity index (χ2v) is 3.09. The number of para-hydroxylation sites is 1. The number of rotatable bonds is 2. The third kappa shape index (κ3) is 1.67. The van der Waals surface area contributed by atoms with Crippen LogP contribution in [0.5, 0.6) is 6.01 Å². The zero-order chi connectivity index (χ0) is 11.5. The maximum absolute atomic E-state index is 11.5. The first-order valence-corrected chi connectivity index (χ1v) is 4.64. The van der Waals surface area contributed by atoms with Crippen molar-refractivity contribution in [2.45, 2.75) is 0 Å². The van der Waals surface area contributed by atoms with Crippen molar-refractivity contribution in [2.24, 2.45) is 0 Å². The molecule has 0 N–H and O–H groups in total. The van der Waals surface area contributed by atoms with E-state index >= 15 is 0 Å². The number of esters is 1. The Balaban J connectivity index is 2.68. The fraction of sp³-hybridized carbons (Fsp3) is 0.182. The molecule has 5 heteroatoms. The highest BCUT2D eigenvalue weighted by Crippen LogP contribution is 2.18. The van der Waals surface area contributed by atoms with Crippen molar-refractivity contribution in [3.8, 4) is 6.01 Å². The van der Waals surface area contributed by atoms with E-state index in [4.69, 9.17) is 4.74 Å². The van der Waals surface area contributed by atoms with Crippen LogP contribution in [0.2, 0.25) is 0 Å². The molecule has 0 spiro atoms. The molecule has 1 heterocycles. The lowest BCUT2D eigenvalue weighted by Gasteiger charge is -2.04. The van der Waals surface area contributed by atoms with Gasteiger partial charge in [0.2, 0.25) is 0 Å². The number of fused-ring (bicyclic) bond motifs is 1. The Kier molecular flexibility index (Phi) is 2.68. The molecule has 2 rings (SSSR count). The second kappa shape index (κ2) is 4.14. The van der Waals surface area contributed by atoms with Gasteiger partial charge in [-0.1, -0.05) is 12.1 Å². The van der Waals surface area contributed by atoms with E-state index in [1.165, 1.54) is 14.2 Å². The summed E-state index contributed by atoms with van der Waals surface area (Å²) in [7, 11) is 2.81. The Morgan fingerprint density at radius 2 is 2.12 bits per heavy atom. The van der Waals surface area contributed by atoms with Crippen LogP contribution in [0.1, 0.15) is 10.4 Å². The van der Waals surface area contributed by atoms with Gasteiger partial charge in [-0.05, 0) is 6.07 Å². The molecule has 1 aromatic heterocycles. The summed E-state index contributed by atoms with van der Waals surface area (Å²) in [6.45, 7) is 0. The molecule has 0 amide bonds. The normalized spacial score (nSPS) is 10.1. The topological polar surface area (TPSA) is 61.3 Å². The zero-order valence-corrected chi connectivity index (χ0v) is 8.93. The molecule has 0 fully saturated rings. The van der Waals surface area contributed by atoms with Gasteiger partial charge in [-0.2, -0.15) is 4.98 Å². The zero-order valence-electron chi connectivity index (χ0n) is 8.93. The van der Waals surface area contributed by atoms with Crippen LogP contribution in [0.15, 0.2) is 24.4 Å². The van der Waals surface area contributed by atoms with E-state index in [2.05, 4.69) is 14.7 Å². The third-order valence-electron chi connectivity index (χ3n) is 2.18. The summed E-state index contributed by atoms with van der Waals surface area (Å²) in [4.78, 5) is 19.6. The molecule has 0 unspecified atom stereocenters. The largest absolute Gasteiger partial charge is 0.467 e. The maximum atomic E-state index is 11.5. The molecule has 0 aliphatic heterocycles. The molecule has 2 aromatic rings. The fourth-order valence-electron chi connectivity index (χ4n) is 1.41. The summed E-state index contributed by atoms with van der Waals surface area (Å²) in [5.74, 6) is -0.425. The van der Waals surface area contributed by atoms with Gasteiger partial charge < -0.3 is 9.47 Å². The third-order valence-corrected chi connectivity index (χ3v) is 2.18. The Hall–Kier alpha value is -2.17.